The van der Waals surface area contributed by atoms with Crippen LogP contribution < -0.4 is 5.73 Å². The number of rotatable bonds is 2. The lowest BCUT2D eigenvalue weighted by atomic mass is 9.98. The first-order valence-electron chi connectivity index (χ1n) is 4.26. The molecule has 3 N–H and O–H groups in total. The van der Waals surface area contributed by atoms with Gasteiger partial charge in [-0.05, 0) is 6.92 Å². The minimum Gasteiger partial charge on any atom is -0.388 e. The largest absolute Gasteiger partial charge is 0.388 e. The first-order valence-corrected chi connectivity index (χ1v) is 4.26. The highest BCUT2D eigenvalue weighted by Crippen LogP contribution is 2.21. The number of aliphatic hydroxyl groups excluding tert-OH is 1. The Hall–Kier alpha value is -0.200. The second-order valence-corrected chi connectivity index (χ2v) is 3.21. The van der Waals surface area contributed by atoms with E-state index < -0.39 is 24.5 Å². The van der Waals surface area contributed by atoms with Crippen molar-refractivity contribution in [3.05, 3.63) is 0 Å². The number of nitrogens with two attached hydrogens (primary N) is 1. The Morgan fingerprint density at radius 2 is 1.92 bits per heavy atom. The lowest BCUT2D eigenvalue weighted by Gasteiger charge is -2.40. The van der Waals surface area contributed by atoms with E-state index in [4.69, 9.17) is 19.9 Å². The summed E-state index contributed by atoms with van der Waals surface area (Å²) in [4.78, 5) is 0. The molecule has 5 heteroatoms. The Bertz CT molecular complexity index is 164. The molecule has 1 fully saturated rings. The summed E-state index contributed by atoms with van der Waals surface area (Å²) in [6, 6.07) is -0.434. The maximum atomic E-state index is 9.70. The Labute approximate surface area is 77.8 Å². The van der Waals surface area contributed by atoms with E-state index in [-0.39, 0.29) is 6.10 Å². The molecule has 1 aliphatic heterocycles. The van der Waals surface area contributed by atoms with E-state index >= 15 is 0 Å². The molecular weight excluding hydrogens is 174 g/mol. The molecule has 1 heterocycles. The highest BCUT2D eigenvalue weighted by atomic mass is 16.7. The maximum Gasteiger partial charge on any atom is 0.186 e. The third-order valence-electron chi connectivity index (χ3n) is 2.39. The van der Waals surface area contributed by atoms with Crippen molar-refractivity contribution in [2.24, 2.45) is 5.73 Å². The van der Waals surface area contributed by atoms with Gasteiger partial charge in [-0.2, -0.15) is 0 Å². The molecule has 0 saturated carbocycles. The van der Waals surface area contributed by atoms with Crippen molar-refractivity contribution >= 4 is 0 Å². The molecule has 5 nitrogen and oxygen atoms in total. The molecule has 13 heavy (non-hydrogen) atoms. The van der Waals surface area contributed by atoms with Crippen LogP contribution in [0, 0.1) is 0 Å². The molecule has 1 aliphatic rings. The van der Waals surface area contributed by atoms with Gasteiger partial charge in [0.1, 0.15) is 12.2 Å². The monoisotopic (exact) mass is 191 g/mol. The fraction of sp³-hybridized carbons (Fsp3) is 1.00. The zero-order valence-corrected chi connectivity index (χ0v) is 8.14. The predicted octanol–water partition coefficient (Wildman–Crippen LogP) is -0.919. The Morgan fingerprint density at radius 3 is 2.38 bits per heavy atom. The average molecular weight is 191 g/mol. The van der Waals surface area contributed by atoms with Gasteiger partial charge in [0.2, 0.25) is 0 Å². The summed E-state index contributed by atoms with van der Waals surface area (Å²) < 4.78 is 15.5. The van der Waals surface area contributed by atoms with Crippen molar-refractivity contribution in [2.75, 3.05) is 14.2 Å². The van der Waals surface area contributed by atoms with E-state index in [0.29, 0.717) is 0 Å². The average Bonchev–Trinajstić information content (AvgIpc) is 2.13. The molecule has 0 aromatic carbocycles. The number of ether oxygens (including phenoxy) is 3. The summed E-state index contributed by atoms with van der Waals surface area (Å²) >= 11 is 0. The molecule has 0 spiro atoms. The summed E-state index contributed by atoms with van der Waals surface area (Å²) in [6.45, 7) is 1.80. The summed E-state index contributed by atoms with van der Waals surface area (Å²) in [5, 5.41) is 9.70. The molecule has 0 unspecified atom stereocenters. The summed E-state index contributed by atoms with van der Waals surface area (Å²) in [5.41, 5.74) is 5.69. The Balaban J connectivity index is 2.69. The Kier molecular flexibility index (Phi) is 3.63. The molecule has 0 amide bonds. The van der Waals surface area contributed by atoms with Gasteiger partial charge in [-0.1, -0.05) is 0 Å². The van der Waals surface area contributed by atoms with Gasteiger partial charge in [-0.15, -0.1) is 0 Å². The van der Waals surface area contributed by atoms with E-state index in [9.17, 15) is 5.11 Å². The molecule has 0 aromatic rings. The normalized spacial score (nSPS) is 46.4. The highest BCUT2D eigenvalue weighted by Gasteiger charge is 2.42. The van der Waals surface area contributed by atoms with Crippen LogP contribution in [-0.4, -0.2) is 50.0 Å². The molecule has 1 rings (SSSR count). The molecular formula is C8H17NO4. The van der Waals surface area contributed by atoms with Crippen LogP contribution >= 0.6 is 0 Å². The smallest absolute Gasteiger partial charge is 0.186 e. The van der Waals surface area contributed by atoms with Crippen LogP contribution in [0.2, 0.25) is 0 Å². The van der Waals surface area contributed by atoms with Crippen molar-refractivity contribution in [1.29, 1.82) is 0 Å². The molecule has 0 bridgehead atoms. The molecule has 1 saturated heterocycles. The molecule has 0 radical (unpaired) electrons. The zero-order valence-electron chi connectivity index (χ0n) is 8.14. The third-order valence-corrected chi connectivity index (χ3v) is 2.39. The van der Waals surface area contributed by atoms with Crippen molar-refractivity contribution in [2.45, 2.75) is 37.6 Å². The maximum absolute atomic E-state index is 9.70. The molecule has 0 aliphatic carbocycles. The fourth-order valence-electron chi connectivity index (χ4n) is 1.48. The fourth-order valence-corrected chi connectivity index (χ4v) is 1.48. The van der Waals surface area contributed by atoms with Crippen LogP contribution in [0.1, 0.15) is 6.92 Å². The lowest BCUT2D eigenvalue weighted by molar-refractivity contribution is -0.266. The van der Waals surface area contributed by atoms with Gasteiger partial charge < -0.3 is 25.1 Å². The highest BCUT2D eigenvalue weighted by molar-refractivity contribution is 4.90. The van der Waals surface area contributed by atoms with Crippen LogP contribution in [0.3, 0.4) is 0 Å². The second-order valence-electron chi connectivity index (χ2n) is 3.21. The third kappa shape index (κ3) is 2.00. The van der Waals surface area contributed by atoms with E-state index in [1.54, 1.807) is 6.92 Å². The van der Waals surface area contributed by atoms with E-state index in [0.717, 1.165) is 0 Å². The number of aliphatic hydroxyl groups is 1. The van der Waals surface area contributed by atoms with E-state index in [1.807, 2.05) is 0 Å². The van der Waals surface area contributed by atoms with Gasteiger partial charge in [-0.3, -0.25) is 0 Å². The van der Waals surface area contributed by atoms with Crippen LogP contribution in [0.5, 0.6) is 0 Å². The van der Waals surface area contributed by atoms with Crippen LogP contribution in [-0.2, 0) is 14.2 Å². The van der Waals surface area contributed by atoms with Gasteiger partial charge in [0.25, 0.3) is 0 Å². The topological polar surface area (TPSA) is 73.9 Å². The van der Waals surface area contributed by atoms with E-state index in [2.05, 4.69) is 0 Å². The summed E-state index contributed by atoms with van der Waals surface area (Å²) in [6.07, 6.45) is -2.05. The van der Waals surface area contributed by atoms with Gasteiger partial charge in [0.05, 0.1) is 12.1 Å². The molecule has 0 aromatic heterocycles. The SMILES string of the molecule is CO[C@@H]1O[C@H](C)[C@@H](N)[C@H](O)[C@H]1OC. The van der Waals surface area contributed by atoms with Gasteiger partial charge in [0, 0.05) is 14.2 Å². The van der Waals surface area contributed by atoms with Crippen molar-refractivity contribution in [3.63, 3.8) is 0 Å². The van der Waals surface area contributed by atoms with Crippen molar-refractivity contribution < 1.29 is 19.3 Å². The minimum absolute atomic E-state index is 0.230. The van der Waals surface area contributed by atoms with Crippen molar-refractivity contribution in [3.8, 4) is 0 Å². The zero-order chi connectivity index (χ0) is 10.0. The van der Waals surface area contributed by atoms with Crippen molar-refractivity contribution in [1.82, 2.24) is 0 Å². The second kappa shape index (κ2) is 4.34. The first-order chi connectivity index (χ1) is 6.11. The standard InChI is InChI=1S/C8H17NO4/c1-4-5(9)6(10)7(11-2)8(12-3)13-4/h4-8,10H,9H2,1-3H3/t4-,5-,6+,7-,8-/m1/s1. The minimum atomic E-state index is -0.751. The summed E-state index contributed by atoms with van der Waals surface area (Å²) in [5.74, 6) is 0. The van der Waals surface area contributed by atoms with Crippen LogP contribution in [0.15, 0.2) is 0 Å². The van der Waals surface area contributed by atoms with Gasteiger partial charge in [0.15, 0.2) is 6.29 Å². The predicted molar refractivity (Wildman–Crippen MR) is 46.1 cm³/mol. The summed E-state index contributed by atoms with van der Waals surface area (Å²) in [7, 11) is 3.00. The Morgan fingerprint density at radius 1 is 1.31 bits per heavy atom. The number of methoxy groups -OCH3 is 2. The lowest BCUT2D eigenvalue weighted by Crippen LogP contribution is -2.61. The van der Waals surface area contributed by atoms with Gasteiger partial charge >= 0.3 is 0 Å². The quantitative estimate of drug-likeness (QED) is 0.590. The molecule has 5 atom stereocenters. The first kappa shape index (κ1) is 10.9. The van der Waals surface area contributed by atoms with E-state index in [1.165, 1.54) is 14.2 Å². The number of hydrogen-bond donors (Lipinski definition) is 2. The van der Waals surface area contributed by atoms with Gasteiger partial charge in [-0.25, -0.2) is 0 Å². The number of hydrogen-bond acceptors (Lipinski definition) is 5. The van der Waals surface area contributed by atoms with Crippen LogP contribution in [0.4, 0.5) is 0 Å². The van der Waals surface area contributed by atoms with Crippen LogP contribution in [0.25, 0.3) is 0 Å². The molecule has 78 valence electrons.